The van der Waals surface area contributed by atoms with Gasteiger partial charge in [0.25, 0.3) is 0 Å². The monoisotopic (exact) mass is 221 g/mol. The summed E-state index contributed by atoms with van der Waals surface area (Å²) in [5, 5.41) is 7.08. The number of nitrogens with one attached hydrogen (secondary N) is 1. The number of amides is 1. The highest BCUT2D eigenvalue weighted by Gasteiger charge is 2.10. The zero-order valence-corrected chi connectivity index (χ0v) is 10.2. The fraction of sp³-hybridized carbons (Fsp3) is 0.500. The van der Waals surface area contributed by atoms with Crippen LogP contribution in [-0.4, -0.2) is 22.2 Å². The Bertz CT molecular complexity index is 393. The average Bonchev–Trinajstić information content (AvgIpc) is 2.48. The first kappa shape index (κ1) is 12.5. The van der Waals surface area contributed by atoms with Gasteiger partial charge in [-0.05, 0) is 25.8 Å². The predicted octanol–water partition coefficient (Wildman–Crippen LogP) is 1.27. The number of carbonyl (C=O) groups is 1. The van der Waals surface area contributed by atoms with Gasteiger partial charge >= 0.3 is 0 Å². The number of nitrogens with zero attached hydrogens (tertiary/aromatic N) is 2. The molecule has 0 aliphatic carbocycles. The van der Waals surface area contributed by atoms with Gasteiger partial charge in [-0.15, -0.1) is 6.58 Å². The van der Waals surface area contributed by atoms with Crippen molar-refractivity contribution in [2.75, 3.05) is 6.54 Å². The summed E-state index contributed by atoms with van der Waals surface area (Å²) in [7, 11) is 1.92. The van der Waals surface area contributed by atoms with Crippen molar-refractivity contribution in [1.82, 2.24) is 15.1 Å². The Hall–Kier alpha value is -1.58. The third-order valence-electron chi connectivity index (χ3n) is 2.70. The van der Waals surface area contributed by atoms with Crippen molar-refractivity contribution in [2.45, 2.75) is 26.7 Å². The molecule has 4 nitrogen and oxygen atoms in total. The average molecular weight is 221 g/mol. The molecule has 1 aromatic heterocycles. The van der Waals surface area contributed by atoms with Gasteiger partial charge in [-0.2, -0.15) is 5.10 Å². The Balaban J connectivity index is 2.54. The molecule has 0 aromatic carbocycles. The van der Waals surface area contributed by atoms with Crippen LogP contribution in [-0.2, 0) is 18.3 Å². The van der Waals surface area contributed by atoms with Crippen molar-refractivity contribution >= 4 is 5.91 Å². The molecule has 1 heterocycles. The second-order valence-electron chi connectivity index (χ2n) is 3.87. The molecule has 0 aliphatic rings. The number of hydrogen-bond donors (Lipinski definition) is 1. The number of carbonyl (C=O) groups excluding carboxylic acids is 1. The third kappa shape index (κ3) is 2.95. The van der Waals surface area contributed by atoms with Gasteiger partial charge < -0.3 is 5.32 Å². The van der Waals surface area contributed by atoms with Gasteiger partial charge in [0.05, 0.1) is 5.69 Å². The van der Waals surface area contributed by atoms with Gasteiger partial charge in [-0.1, -0.05) is 6.08 Å². The van der Waals surface area contributed by atoms with E-state index in [-0.39, 0.29) is 5.91 Å². The van der Waals surface area contributed by atoms with Crippen molar-refractivity contribution in [1.29, 1.82) is 0 Å². The fourth-order valence-electron chi connectivity index (χ4n) is 1.69. The molecule has 0 bridgehead atoms. The molecule has 0 unspecified atom stereocenters. The molecule has 0 aliphatic heterocycles. The van der Waals surface area contributed by atoms with Gasteiger partial charge in [-0.25, -0.2) is 0 Å². The maximum absolute atomic E-state index is 11.4. The summed E-state index contributed by atoms with van der Waals surface area (Å²) in [6, 6.07) is 0. The molecule has 0 radical (unpaired) electrons. The van der Waals surface area contributed by atoms with Crippen molar-refractivity contribution in [2.24, 2.45) is 7.05 Å². The van der Waals surface area contributed by atoms with Crippen LogP contribution in [0.1, 0.15) is 23.4 Å². The number of aromatic nitrogens is 2. The second-order valence-corrected chi connectivity index (χ2v) is 3.87. The highest BCUT2D eigenvalue weighted by atomic mass is 16.1. The molecule has 0 saturated carbocycles. The molecule has 0 atom stereocenters. The van der Waals surface area contributed by atoms with E-state index in [1.807, 2.05) is 25.6 Å². The lowest BCUT2D eigenvalue weighted by Crippen LogP contribution is -2.23. The minimum Gasteiger partial charge on any atom is -0.353 e. The summed E-state index contributed by atoms with van der Waals surface area (Å²) in [6.07, 6.45) is 2.92. The van der Waals surface area contributed by atoms with E-state index >= 15 is 0 Å². The van der Waals surface area contributed by atoms with Crippen LogP contribution in [0, 0.1) is 13.8 Å². The Kier molecular flexibility index (Phi) is 4.28. The van der Waals surface area contributed by atoms with Crippen molar-refractivity contribution < 1.29 is 4.79 Å². The van der Waals surface area contributed by atoms with Crippen LogP contribution in [0.15, 0.2) is 12.7 Å². The zero-order chi connectivity index (χ0) is 12.1. The molecule has 0 saturated heterocycles. The largest absolute Gasteiger partial charge is 0.353 e. The Morgan fingerprint density at radius 2 is 2.25 bits per heavy atom. The predicted molar refractivity (Wildman–Crippen MR) is 64.2 cm³/mol. The van der Waals surface area contributed by atoms with Crippen LogP contribution in [0.3, 0.4) is 0 Å². The van der Waals surface area contributed by atoms with Crippen LogP contribution in [0.25, 0.3) is 0 Å². The van der Waals surface area contributed by atoms with E-state index in [0.29, 0.717) is 13.0 Å². The Morgan fingerprint density at radius 1 is 1.56 bits per heavy atom. The van der Waals surface area contributed by atoms with E-state index in [0.717, 1.165) is 17.8 Å². The summed E-state index contributed by atoms with van der Waals surface area (Å²) >= 11 is 0. The lowest BCUT2D eigenvalue weighted by Gasteiger charge is -2.03. The minimum atomic E-state index is 0.0579. The van der Waals surface area contributed by atoms with Gasteiger partial charge in [0, 0.05) is 25.7 Å². The summed E-state index contributed by atoms with van der Waals surface area (Å²) in [4.78, 5) is 11.4. The molecule has 0 fully saturated rings. The molecular weight excluding hydrogens is 202 g/mol. The fourth-order valence-corrected chi connectivity index (χ4v) is 1.69. The van der Waals surface area contributed by atoms with Gasteiger partial charge in [0.2, 0.25) is 5.91 Å². The number of aryl methyl sites for hydroxylation is 2. The molecule has 1 amide bonds. The Labute approximate surface area is 96.3 Å². The van der Waals surface area contributed by atoms with E-state index in [1.165, 1.54) is 5.56 Å². The summed E-state index contributed by atoms with van der Waals surface area (Å²) in [5.74, 6) is 0.0579. The molecule has 1 N–H and O–H groups in total. The normalized spacial score (nSPS) is 10.2. The molecule has 1 rings (SSSR count). The van der Waals surface area contributed by atoms with E-state index in [2.05, 4.69) is 17.0 Å². The first-order chi connectivity index (χ1) is 7.56. The quantitative estimate of drug-likeness (QED) is 0.761. The van der Waals surface area contributed by atoms with Gasteiger partial charge in [-0.3, -0.25) is 9.48 Å². The smallest absolute Gasteiger partial charge is 0.220 e. The molecular formula is C12H19N3O. The van der Waals surface area contributed by atoms with Crippen molar-refractivity contribution in [3.8, 4) is 0 Å². The summed E-state index contributed by atoms with van der Waals surface area (Å²) < 4.78 is 1.85. The Morgan fingerprint density at radius 3 is 2.75 bits per heavy atom. The van der Waals surface area contributed by atoms with E-state index in [4.69, 9.17) is 0 Å². The van der Waals surface area contributed by atoms with Crippen LogP contribution in [0.2, 0.25) is 0 Å². The number of rotatable bonds is 5. The lowest BCUT2D eigenvalue weighted by atomic mass is 10.1. The highest BCUT2D eigenvalue weighted by molar-refractivity contribution is 5.76. The topological polar surface area (TPSA) is 46.9 Å². The maximum Gasteiger partial charge on any atom is 0.220 e. The van der Waals surface area contributed by atoms with Crippen LogP contribution in [0.4, 0.5) is 0 Å². The molecule has 0 spiro atoms. The minimum absolute atomic E-state index is 0.0579. The third-order valence-corrected chi connectivity index (χ3v) is 2.70. The zero-order valence-electron chi connectivity index (χ0n) is 10.2. The first-order valence-electron chi connectivity index (χ1n) is 5.43. The van der Waals surface area contributed by atoms with E-state index in [9.17, 15) is 4.79 Å². The maximum atomic E-state index is 11.4. The lowest BCUT2D eigenvalue weighted by molar-refractivity contribution is -0.120. The SMILES string of the molecule is C=CCNC(=O)CCc1c(C)nn(C)c1C. The first-order valence-corrected chi connectivity index (χ1v) is 5.43. The van der Waals surface area contributed by atoms with E-state index in [1.54, 1.807) is 6.08 Å². The van der Waals surface area contributed by atoms with Crippen LogP contribution >= 0.6 is 0 Å². The van der Waals surface area contributed by atoms with Crippen LogP contribution < -0.4 is 5.32 Å². The summed E-state index contributed by atoms with van der Waals surface area (Å²) in [6.45, 7) is 8.09. The molecule has 4 heteroatoms. The van der Waals surface area contributed by atoms with E-state index < -0.39 is 0 Å². The second kappa shape index (κ2) is 5.49. The van der Waals surface area contributed by atoms with Crippen molar-refractivity contribution in [3.05, 3.63) is 29.6 Å². The van der Waals surface area contributed by atoms with Crippen LogP contribution in [0.5, 0.6) is 0 Å². The van der Waals surface area contributed by atoms with Crippen molar-refractivity contribution in [3.63, 3.8) is 0 Å². The highest BCUT2D eigenvalue weighted by Crippen LogP contribution is 2.13. The molecule has 1 aromatic rings. The standard InChI is InChI=1S/C12H19N3O/c1-5-8-13-12(16)7-6-11-9(2)14-15(4)10(11)3/h5H,1,6-8H2,2-4H3,(H,13,16). The summed E-state index contributed by atoms with van der Waals surface area (Å²) in [5.41, 5.74) is 3.32. The number of hydrogen-bond acceptors (Lipinski definition) is 2. The molecule has 88 valence electrons. The van der Waals surface area contributed by atoms with Gasteiger partial charge in [0.1, 0.15) is 0 Å². The molecule has 16 heavy (non-hydrogen) atoms. The van der Waals surface area contributed by atoms with Gasteiger partial charge in [0.15, 0.2) is 0 Å².